The minimum atomic E-state index is -1.26. The number of β-lactam (4-membered cyclic amide) rings is 1. The fourth-order valence-corrected chi connectivity index (χ4v) is 6.42. The molecule has 4 heterocycles. The van der Waals surface area contributed by atoms with E-state index in [1.165, 1.54) is 29.0 Å². The first-order chi connectivity index (χ1) is 12.3. The van der Waals surface area contributed by atoms with Crippen molar-refractivity contribution in [3.63, 3.8) is 0 Å². The second-order valence-corrected chi connectivity index (χ2v) is 9.43. The maximum absolute atomic E-state index is 12.9. The number of fused-ring (bicyclic) bond motifs is 2. The summed E-state index contributed by atoms with van der Waals surface area (Å²) in [5.74, 6) is 0.448. The highest BCUT2D eigenvalue weighted by atomic mass is 79.9. The number of aliphatic carboxylic acids is 1. The van der Waals surface area contributed by atoms with Gasteiger partial charge in [0.05, 0.1) is 5.75 Å². The number of halogens is 1. The van der Waals surface area contributed by atoms with Crippen LogP contribution < -0.4 is 0 Å². The van der Waals surface area contributed by atoms with Gasteiger partial charge in [0.15, 0.2) is 10.4 Å². The molecule has 0 radical (unpaired) electrons. The number of aromatic nitrogens is 2. The van der Waals surface area contributed by atoms with Gasteiger partial charge in [0.1, 0.15) is 22.6 Å². The minimum Gasteiger partial charge on any atom is -0.477 e. The molecule has 3 aliphatic heterocycles. The highest BCUT2D eigenvalue weighted by Crippen LogP contribution is 2.57. The van der Waals surface area contributed by atoms with E-state index in [2.05, 4.69) is 20.9 Å². The quantitative estimate of drug-likeness (QED) is 0.412. The number of alkyl halides is 1. The third kappa shape index (κ3) is 2.51. The summed E-state index contributed by atoms with van der Waals surface area (Å²) < 4.78 is 6.24. The van der Waals surface area contributed by atoms with Crippen LogP contribution in [-0.4, -0.2) is 52.9 Å². The lowest BCUT2D eigenvalue weighted by atomic mass is 9.89. The Morgan fingerprint density at radius 1 is 1.54 bits per heavy atom. The summed E-state index contributed by atoms with van der Waals surface area (Å²) in [4.78, 5) is 41.7. The van der Waals surface area contributed by atoms with Crippen LogP contribution in [0.15, 0.2) is 17.3 Å². The molecular weight excluding hydrogens is 446 g/mol. The molecule has 1 amide bonds. The Kier molecular flexibility index (Phi) is 4.35. The van der Waals surface area contributed by atoms with Gasteiger partial charge in [0.2, 0.25) is 0 Å². The van der Waals surface area contributed by atoms with Crippen molar-refractivity contribution in [2.45, 2.75) is 35.0 Å². The second kappa shape index (κ2) is 6.31. The summed E-state index contributed by atoms with van der Waals surface area (Å²) in [6, 6.07) is 0. The number of amides is 1. The molecule has 1 N–H and O–H groups in total. The molecule has 1 aromatic heterocycles. The van der Waals surface area contributed by atoms with Gasteiger partial charge in [-0.25, -0.2) is 9.78 Å². The molecule has 1 saturated heterocycles. The zero-order valence-electron chi connectivity index (χ0n) is 13.5. The zero-order valence-corrected chi connectivity index (χ0v) is 16.8. The van der Waals surface area contributed by atoms with Gasteiger partial charge in [-0.3, -0.25) is 14.5 Å². The maximum Gasteiger partial charge on any atom is 0.353 e. The lowest BCUT2D eigenvalue weighted by Gasteiger charge is -2.51. The number of esters is 1. The smallest absolute Gasteiger partial charge is 0.353 e. The largest absolute Gasteiger partial charge is 0.477 e. The molecule has 26 heavy (non-hydrogen) atoms. The van der Waals surface area contributed by atoms with E-state index in [-0.39, 0.29) is 5.70 Å². The van der Waals surface area contributed by atoms with Gasteiger partial charge in [-0.15, -0.1) is 11.8 Å². The van der Waals surface area contributed by atoms with E-state index >= 15 is 0 Å². The number of ether oxygens (including phenoxy) is 1. The van der Waals surface area contributed by atoms with Crippen LogP contribution in [0.4, 0.5) is 0 Å². The lowest BCUT2D eigenvalue weighted by Crippen LogP contribution is -2.70. The molecule has 1 fully saturated rings. The fraction of sp³-hybridized carbons (Fsp3) is 0.467. The Labute approximate surface area is 165 Å². The monoisotopic (exact) mass is 459 g/mol. The third-order valence-electron chi connectivity index (χ3n) is 4.45. The first-order valence-electron chi connectivity index (χ1n) is 7.76. The van der Waals surface area contributed by atoms with Crippen LogP contribution in [0.5, 0.6) is 0 Å². The van der Waals surface area contributed by atoms with Crippen molar-refractivity contribution >= 4 is 57.3 Å². The highest BCUT2D eigenvalue weighted by Gasteiger charge is 2.69. The number of thioether (sulfide) groups is 2. The van der Waals surface area contributed by atoms with Gasteiger partial charge in [-0.1, -0.05) is 15.9 Å². The summed E-state index contributed by atoms with van der Waals surface area (Å²) in [6.45, 7) is 2.08. The van der Waals surface area contributed by atoms with Gasteiger partial charge in [0, 0.05) is 30.8 Å². The molecule has 4 rings (SSSR count). The topological polar surface area (TPSA) is 102 Å². The summed E-state index contributed by atoms with van der Waals surface area (Å²) in [6.07, 6.45) is 0.873. The first kappa shape index (κ1) is 17.9. The number of hydrogen-bond acceptors (Lipinski definition) is 7. The maximum atomic E-state index is 12.9. The molecule has 3 aliphatic rings. The molecule has 0 bridgehead atoms. The molecule has 0 aromatic carbocycles. The molecular formula is C15H14BrN3O5S2. The summed E-state index contributed by atoms with van der Waals surface area (Å²) in [5.41, 5.74) is 0.425. The average molecular weight is 460 g/mol. The van der Waals surface area contributed by atoms with Crippen LogP contribution in [0, 0.1) is 0 Å². The molecule has 0 spiro atoms. The second-order valence-electron chi connectivity index (χ2n) is 6.06. The van der Waals surface area contributed by atoms with Crippen LogP contribution in [0.25, 0.3) is 0 Å². The van der Waals surface area contributed by atoms with Crippen molar-refractivity contribution in [1.29, 1.82) is 0 Å². The van der Waals surface area contributed by atoms with E-state index in [0.29, 0.717) is 5.69 Å². The van der Waals surface area contributed by atoms with Gasteiger partial charge < -0.3 is 14.4 Å². The highest BCUT2D eigenvalue weighted by molar-refractivity contribution is 9.10. The number of imidazole rings is 1. The number of carbonyl (C=O) groups excluding carboxylic acids is 2. The van der Waals surface area contributed by atoms with Crippen molar-refractivity contribution < 1.29 is 24.2 Å². The summed E-state index contributed by atoms with van der Waals surface area (Å²) in [7, 11) is 0. The van der Waals surface area contributed by atoms with E-state index in [1.54, 1.807) is 11.8 Å². The molecule has 2 unspecified atom stereocenters. The van der Waals surface area contributed by atoms with Crippen molar-refractivity contribution in [1.82, 2.24) is 14.5 Å². The van der Waals surface area contributed by atoms with Crippen LogP contribution >= 0.6 is 39.5 Å². The molecule has 1 aromatic rings. The van der Waals surface area contributed by atoms with Crippen molar-refractivity contribution in [2.24, 2.45) is 0 Å². The number of hydrogen-bond donors (Lipinski definition) is 1. The van der Waals surface area contributed by atoms with Gasteiger partial charge in [-0.05, 0) is 0 Å². The lowest BCUT2D eigenvalue weighted by molar-refractivity contribution is -0.162. The Hall–Kier alpha value is -1.46. The van der Waals surface area contributed by atoms with Crippen molar-refractivity contribution in [3.8, 4) is 0 Å². The van der Waals surface area contributed by atoms with E-state index in [9.17, 15) is 19.5 Å². The van der Waals surface area contributed by atoms with Crippen molar-refractivity contribution in [2.75, 3.05) is 5.75 Å². The van der Waals surface area contributed by atoms with Crippen LogP contribution in [-0.2, 0) is 31.4 Å². The van der Waals surface area contributed by atoms with Gasteiger partial charge in [-0.2, -0.15) is 11.8 Å². The number of carbonyl (C=O) groups is 3. The molecule has 3 atom stereocenters. The first-order valence-corrected chi connectivity index (χ1v) is 10.7. The third-order valence-corrected chi connectivity index (χ3v) is 8.07. The Morgan fingerprint density at radius 3 is 2.96 bits per heavy atom. The number of nitrogens with zero attached hydrogens (tertiary/aromatic N) is 3. The van der Waals surface area contributed by atoms with Crippen LogP contribution in [0.1, 0.15) is 24.5 Å². The number of carboxylic acid groups (broad SMARTS) is 1. The molecule has 11 heteroatoms. The molecule has 8 nitrogen and oxygen atoms in total. The van der Waals surface area contributed by atoms with Gasteiger partial charge in [0.25, 0.3) is 5.91 Å². The van der Waals surface area contributed by atoms with Crippen LogP contribution in [0.2, 0.25) is 0 Å². The molecule has 0 saturated carbocycles. The Balaban J connectivity index is 1.70. The molecule has 138 valence electrons. The summed E-state index contributed by atoms with van der Waals surface area (Å²) >= 11 is 6.45. The van der Waals surface area contributed by atoms with Crippen molar-refractivity contribution in [3.05, 3.63) is 28.8 Å². The van der Waals surface area contributed by atoms with E-state index in [0.717, 1.165) is 23.9 Å². The minimum absolute atomic E-state index is 0.0674. The van der Waals surface area contributed by atoms with Gasteiger partial charge >= 0.3 is 11.9 Å². The fourth-order valence-electron chi connectivity index (χ4n) is 3.26. The number of aryl methyl sites for hydroxylation is 1. The Morgan fingerprint density at radius 2 is 2.31 bits per heavy atom. The van der Waals surface area contributed by atoms with Crippen LogP contribution in [0.3, 0.4) is 0 Å². The average Bonchev–Trinajstić information content (AvgIpc) is 3.21. The predicted molar refractivity (Wildman–Crippen MR) is 98.5 cm³/mol. The number of rotatable bonds is 4. The van der Waals surface area contributed by atoms with E-state index < -0.39 is 33.6 Å². The molecule has 0 aliphatic carbocycles. The Bertz CT molecular complexity index is 833. The normalized spacial score (nSPS) is 27.9. The summed E-state index contributed by atoms with van der Waals surface area (Å²) in [5, 5.41) is 10.2. The predicted octanol–water partition coefficient (Wildman–Crippen LogP) is 1.71. The van der Waals surface area contributed by atoms with E-state index in [1.807, 2.05) is 10.8 Å². The standard InChI is InChI=1S/C15H14BrN3O5S2/c1-7(20)24-11(8-4-18-2-3-25-6-10(18)17-8)15(16)13(23)19-9(12(21)22)5-26-14(15)19/h4-5,11,14H,2-3,6H2,1H3,(H,21,22)/t11?,14-,15?/m1/s1. The van der Waals surface area contributed by atoms with E-state index in [4.69, 9.17) is 4.74 Å². The SMILES string of the molecule is CC(=O)OC(c1cn2c(n1)CSCC2)C1(Br)C(=O)N2C(C(=O)O)=CS[C@@H]21. The number of carboxylic acids is 1. The zero-order chi connectivity index (χ0) is 18.6.